The lowest BCUT2D eigenvalue weighted by atomic mass is 10.1. The quantitative estimate of drug-likeness (QED) is 0.878. The van der Waals surface area contributed by atoms with E-state index in [1.807, 2.05) is 39.0 Å². The Labute approximate surface area is 125 Å². The summed E-state index contributed by atoms with van der Waals surface area (Å²) in [7, 11) is 0. The van der Waals surface area contributed by atoms with E-state index in [4.69, 9.17) is 4.74 Å². The minimum Gasteiger partial charge on any atom is -0.484 e. The maximum Gasteiger partial charge on any atom is 0.165 e. The highest BCUT2D eigenvalue weighted by atomic mass is 19.1. The number of ether oxygens (including phenoxy) is 1. The smallest absolute Gasteiger partial charge is 0.165 e. The van der Waals surface area contributed by atoms with Gasteiger partial charge in [-0.05, 0) is 49.7 Å². The Morgan fingerprint density at radius 2 is 2.14 bits per heavy atom. The zero-order valence-electron chi connectivity index (χ0n) is 12.7. The molecule has 1 atom stereocenters. The Bertz CT molecular complexity index is 601. The van der Waals surface area contributed by atoms with E-state index in [2.05, 4.69) is 10.3 Å². The summed E-state index contributed by atoms with van der Waals surface area (Å²) >= 11 is 0. The van der Waals surface area contributed by atoms with Crippen molar-refractivity contribution in [1.29, 1.82) is 0 Å². The summed E-state index contributed by atoms with van der Waals surface area (Å²) in [5.41, 5.74) is 2.77. The van der Waals surface area contributed by atoms with Crippen molar-refractivity contribution < 1.29 is 9.13 Å². The fraction of sp³-hybridized carbons (Fsp3) is 0.353. The molecule has 1 aromatic heterocycles. The number of hydrogen-bond acceptors (Lipinski definition) is 3. The number of halogens is 1. The summed E-state index contributed by atoms with van der Waals surface area (Å²) in [4.78, 5) is 4.24. The van der Waals surface area contributed by atoms with Crippen LogP contribution in [-0.2, 0) is 6.61 Å². The largest absolute Gasteiger partial charge is 0.484 e. The maximum atomic E-state index is 14.1. The number of rotatable bonds is 6. The van der Waals surface area contributed by atoms with Gasteiger partial charge in [0.2, 0.25) is 0 Å². The third-order valence-corrected chi connectivity index (χ3v) is 3.45. The van der Waals surface area contributed by atoms with Crippen molar-refractivity contribution in [2.75, 3.05) is 6.54 Å². The van der Waals surface area contributed by atoms with E-state index in [0.29, 0.717) is 0 Å². The minimum absolute atomic E-state index is 0.122. The van der Waals surface area contributed by atoms with Crippen LogP contribution in [0.25, 0.3) is 0 Å². The molecule has 21 heavy (non-hydrogen) atoms. The lowest BCUT2D eigenvalue weighted by Gasteiger charge is -2.14. The Morgan fingerprint density at radius 3 is 2.81 bits per heavy atom. The first-order valence-corrected chi connectivity index (χ1v) is 7.18. The first-order valence-electron chi connectivity index (χ1n) is 7.18. The molecule has 4 heteroatoms. The molecule has 0 saturated heterocycles. The average molecular weight is 288 g/mol. The molecule has 0 spiro atoms. The zero-order valence-corrected chi connectivity index (χ0v) is 12.7. The number of nitrogens with zero attached hydrogens (tertiary/aromatic N) is 1. The monoisotopic (exact) mass is 288 g/mol. The molecule has 0 aliphatic rings. The van der Waals surface area contributed by atoms with E-state index in [9.17, 15) is 4.39 Å². The Kier molecular flexibility index (Phi) is 5.28. The Hall–Kier alpha value is -1.94. The number of hydrogen-bond donors (Lipinski definition) is 1. The standard InChI is InChI=1S/C17H21FN2O/c1-4-19-13(3)14-7-8-17(15(18)10-14)21-11-16-12(2)6-5-9-20-16/h5-10,13,19H,4,11H2,1-3H3. The first-order chi connectivity index (χ1) is 10.1. The lowest BCUT2D eigenvalue weighted by Crippen LogP contribution is -2.17. The average Bonchev–Trinajstić information content (AvgIpc) is 2.47. The highest BCUT2D eigenvalue weighted by Gasteiger charge is 2.10. The second-order valence-corrected chi connectivity index (χ2v) is 5.02. The van der Waals surface area contributed by atoms with Crippen molar-refractivity contribution in [3.8, 4) is 5.75 Å². The third-order valence-electron chi connectivity index (χ3n) is 3.45. The molecule has 1 N–H and O–H groups in total. The van der Waals surface area contributed by atoms with Crippen LogP contribution >= 0.6 is 0 Å². The maximum absolute atomic E-state index is 14.1. The Balaban J connectivity index is 2.06. The molecule has 0 fully saturated rings. The van der Waals surface area contributed by atoms with Crippen LogP contribution in [0.5, 0.6) is 5.75 Å². The van der Waals surface area contributed by atoms with Gasteiger partial charge in [-0.2, -0.15) is 0 Å². The lowest BCUT2D eigenvalue weighted by molar-refractivity contribution is 0.285. The van der Waals surface area contributed by atoms with Gasteiger partial charge in [-0.3, -0.25) is 4.98 Å². The van der Waals surface area contributed by atoms with Crippen molar-refractivity contribution in [1.82, 2.24) is 10.3 Å². The normalized spacial score (nSPS) is 12.2. The SMILES string of the molecule is CCNC(C)c1ccc(OCc2ncccc2C)c(F)c1. The predicted octanol–water partition coefficient (Wildman–Crippen LogP) is 3.78. The van der Waals surface area contributed by atoms with Crippen molar-refractivity contribution in [2.24, 2.45) is 0 Å². The van der Waals surface area contributed by atoms with Crippen LogP contribution in [-0.4, -0.2) is 11.5 Å². The molecule has 3 nitrogen and oxygen atoms in total. The molecule has 2 aromatic rings. The van der Waals surface area contributed by atoms with E-state index < -0.39 is 0 Å². The van der Waals surface area contributed by atoms with Crippen molar-refractivity contribution in [3.63, 3.8) is 0 Å². The molecule has 1 heterocycles. The van der Waals surface area contributed by atoms with Crippen LogP contribution in [0.3, 0.4) is 0 Å². The van der Waals surface area contributed by atoms with E-state index in [1.54, 1.807) is 12.3 Å². The van der Waals surface area contributed by atoms with Crippen molar-refractivity contribution in [3.05, 3.63) is 59.2 Å². The minimum atomic E-state index is -0.342. The van der Waals surface area contributed by atoms with Gasteiger partial charge >= 0.3 is 0 Å². The summed E-state index contributed by atoms with van der Waals surface area (Å²) in [5.74, 6) is -0.0849. The molecule has 0 amide bonds. The summed E-state index contributed by atoms with van der Waals surface area (Å²) in [6.07, 6.45) is 1.71. The van der Waals surface area contributed by atoms with Crippen LogP contribution < -0.4 is 10.1 Å². The molecular weight excluding hydrogens is 267 g/mol. The molecule has 0 bridgehead atoms. The van der Waals surface area contributed by atoms with Crippen molar-refractivity contribution in [2.45, 2.75) is 33.4 Å². The molecule has 2 rings (SSSR count). The molecule has 1 aromatic carbocycles. The zero-order chi connectivity index (χ0) is 15.2. The molecule has 0 radical (unpaired) electrons. The summed E-state index contributed by atoms with van der Waals surface area (Å²) in [5, 5.41) is 3.26. The second-order valence-electron chi connectivity index (χ2n) is 5.02. The fourth-order valence-corrected chi connectivity index (χ4v) is 2.14. The van der Waals surface area contributed by atoms with Crippen LogP contribution in [0.4, 0.5) is 4.39 Å². The highest BCUT2D eigenvalue weighted by molar-refractivity contribution is 5.31. The molecule has 0 aliphatic heterocycles. The van der Waals surface area contributed by atoms with E-state index in [0.717, 1.165) is 23.4 Å². The van der Waals surface area contributed by atoms with Crippen LogP contribution in [0.2, 0.25) is 0 Å². The van der Waals surface area contributed by atoms with Gasteiger partial charge in [-0.25, -0.2) is 4.39 Å². The van der Waals surface area contributed by atoms with Crippen LogP contribution in [0.15, 0.2) is 36.5 Å². The number of benzene rings is 1. The topological polar surface area (TPSA) is 34.1 Å². The number of nitrogens with one attached hydrogen (secondary N) is 1. The van der Waals surface area contributed by atoms with Gasteiger partial charge in [-0.15, -0.1) is 0 Å². The first kappa shape index (κ1) is 15.4. The molecule has 0 saturated carbocycles. The van der Waals surface area contributed by atoms with Gasteiger partial charge in [0.05, 0.1) is 5.69 Å². The van der Waals surface area contributed by atoms with Crippen molar-refractivity contribution >= 4 is 0 Å². The van der Waals surface area contributed by atoms with E-state index in [-0.39, 0.29) is 24.2 Å². The third kappa shape index (κ3) is 4.02. The molecule has 0 aliphatic carbocycles. The van der Waals surface area contributed by atoms with Gasteiger partial charge in [-0.1, -0.05) is 19.1 Å². The molecule has 112 valence electrons. The van der Waals surface area contributed by atoms with E-state index >= 15 is 0 Å². The van der Waals surface area contributed by atoms with E-state index in [1.165, 1.54) is 6.07 Å². The van der Waals surface area contributed by atoms with Crippen LogP contribution in [0.1, 0.15) is 36.7 Å². The van der Waals surface area contributed by atoms with Gasteiger partial charge < -0.3 is 10.1 Å². The Morgan fingerprint density at radius 1 is 1.33 bits per heavy atom. The number of aryl methyl sites for hydroxylation is 1. The number of pyridine rings is 1. The summed E-state index contributed by atoms with van der Waals surface area (Å²) < 4.78 is 19.6. The van der Waals surface area contributed by atoms with Crippen LogP contribution in [0, 0.1) is 12.7 Å². The van der Waals surface area contributed by atoms with Gasteiger partial charge in [0.15, 0.2) is 11.6 Å². The summed E-state index contributed by atoms with van der Waals surface area (Å²) in [6, 6.07) is 9.04. The van der Waals surface area contributed by atoms with Gasteiger partial charge in [0.1, 0.15) is 6.61 Å². The van der Waals surface area contributed by atoms with Gasteiger partial charge in [0.25, 0.3) is 0 Å². The predicted molar refractivity (Wildman–Crippen MR) is 81.8 cm³/mol. The van der Waals surface area contributed by atoms with Gasteiger partial charge in [0, 0.05) is 12.2 Å². The number of aromatic nitrogens is 1. The highest BCUT2D eigenvalue weighted by Crippen LogP contribution is 2.23. The summed E-state index contributed by atoms with van der Waals surface area (Å²) in [6.45, 7) is 7.12. The fourth-order valence-electron chi connectivity index (χ4n) is 2.14. The second kappa shape index (κ2) is 7.18. The molecular formula is C17H21FN2O. The molecule has 1 unspecified atom stereocenters.